The van der Waals surface area contributed by atoms with Crippen LogP contribution in [0.5, 0.6) is 5.75 Å². The van der Waals surface area contributed by atoms with Crippen molar-refractivity contribution in [1.82, 2.24) is 5.32 Å². The van der Waals surface area contributed by atoms with E-state index in [0.29, 0.717) is 5.75 Å². The van der Waals surface area contributed by atoms with Crippen molar-refractivity contribution in [3.05, 3.63) is 63.1 Å². The van der Waals surface area contributed by atoms with Crippen LogP contribution in [0.25, 0.3) is 0 Å². The minimum absolute atomic E-state index is 0.0637. The Morgan fingerprint density at radius 2 is 1.90 bits per heavy atom. The second-order valence-corrected chi connectivity index (χ2v) is 6.40. The molecule has 0 spiro atoms. The summed E-state index contributed by atoms with van der Waals surface area (Å²) in [6.07, 6.45) is 0.874. The van der Waals surface area contributed by atoms with Gasteiger partial charge in [-0.25, -0.2) is 0 Å². The standard InChI is InChI=1S/C17H19BrClNO/c1-3-16(14-10-12(18)8-9-17(14)21)20-11(2)13-6-4-5-7-15(13)19/h4-11,16,20-21H,3H2,1-2H3. The van der Waals surface area contributed by atoms with Gasteiger partial charge in [0.2, 0.25) is 0 Å². The molecule has 2 aromatic rings. The van der Waals surface area contributed by atoms with Crippen molar-refractivity contribution in [2.24, 2.45) is 0 Å². The van der Waals surface area contributed by atoms with Crippen molar-refractivity contribution < 1.29 is 5.11 Å². The smallest absolute Gasteiger partial charge is 0.120 e. The summed E-state index contributed by atoms with van der Waals surface area (Å²) in [5.41, 5.74) is 1.96. The summed E-state index contributed by atoms with van der Waals surface area (Å²) in [5.74, 6) is 0.309. The molecule has 0 amide bonds. The minimum Gasteiger partial charge on any atom is -0.508 e. The molecule has 0 saturated heterocycles. The van der Waals surface area contributed by atoms with E-state index >= 15 is 0 Å². The Morgan fingerprint density at radius 3 is 2.57 bits per heavy atom. The van der Waals surface area contributed by atoms with E-state index in [1.54, 1.807) is 6.07 Å². The molecule has 0 radical (unpaired) electrons. The first-order valence-electron chi connectivity index (χ1n) is 7.01. The molecule has 2 N–H and O–H groups in total. The van der Waals surface area contributed by atoms with Crippen LogP contribution in [0.4, 0.5) is 0 Å². The largest absolute Gasteiger partial charge is 0.508 e. The third-order valence-corrected chi connectivity index (χ3v) is 4.43. The first kappa shape index (κ1) is 16.3. The highest BCUT2D eigenvalue weighted by molar-refractivity contribution is 9.10. The number of aromatic hydroxyl groups is 1. The molecule has 0 bridgehead atoms. The van der Waals surface area contributed by atoms with Crippen LogP contribution in [0, 0.1) is 0 Å². The molecule has 2 nitrogen and oxygen atoms in total. The third kappa shape index (κ3) is 4.00. The monoisotopic (exact) mass is 367 g/mol. The molecule has 2 atom stereocenters. The van der Waals surface area contributed by atoms with Crippen LogP contribution in [0.3, 0.4) is 0 Å². The quantitative estimate of drug-likeness (QED) is 0.719. The van der Waals surface area contributed by atoms with Crippen molar-refractivity contribution in [1.29, 1.82) is 0 Å². The molecule has 4 heteroatoms. The molecule has 2 rings (SSSR count). The van der Waals surface area contributed by atoms with Crippen LogP contribution < -0.4 is 5.32 Å². The van der Waals surface area contributed by atoms with E-state index in [2.05, 4.69) is 35.1 Å². The topological polar surface area (TPSA) is 32.3 Å². The van der Waals surface area contributed by atoms with E-state index in [4.69, 9.17) is 11.6 Å². The summed E-state index contributed by atoms with van der Waals surface area (Å²) in [6, 6.07) is 13.5. The zero-order valence-electron chi connectivity index (χ0n) is 12.1. The fourth-order valence-corrected chi connectivity index (χ4v) is 3.13. The summed E-state index contributed by atoms with van der Waals surface area (Å²) < 4.78 is 0.959. The molecule has 0 fully saturated rings. The van der Waals surface area contributed by atoms with E-state index in [1.165, 1.54) is 0 Å². The SMILES string of the molecule is CCC(NC(C)c1ccccc1Cl)c1cc(Br)ccc1O. The molecule has 0 aliphatic carbocycles. The summed E-state index contributed by atoms with van der Waals surface area (Å²) in [7, 11) is 0. The molecule has 112 valence electrons. The second kappa shape index (κ2) is 7.30. The number of benzene rings is 2. The zero-order valence-corrected chi connectivity index (χ0v) is 14.4. The van der Waals surface area contributed by atoms with E-state index in [0.717, 1.165) is 27.0 Å². The van der Waals surface area contributed by atoms with Gasteiger partial charge in [0, 0.05) is 27.1 Å². The molecule has 0 heterocycles. The van der Waals surface area contributed by atoms with Crippen LogP contribution >= 0.6 is 27.5 Å². The highest BCUT2D eigenvalue weighted by Gasteiger charge is 2.18. The summed E-state index contributed by atoms with van der Waals surface area (Å²) in [5, 5.41) is 14.4. The van der Waals surface area contributed by atoms with Gasteiger partial charge in [0.15, 0.2) is 0 Å². The van der Waals surface area contributed by atoms with E-state index in [-0.39, 0.29) is 12.1 Å². The lowest BCUT2D eigenvalue weighted by Gasteiger charge is -2.24. The predicted octanol–water partition coefficient (Wildman–Crippen LogP) is 5.61. The Morgan fingerprint density at radius 1 is 1.19 bits per heavy atom. The molecule has 0 aromatic heterocycles. The number of rotatable bonds is 5. The zero-order chi connectivity index (χ0) is 15.4. The summed E-state index contributed by atoms with van der Waals surface area (Å²) >= 11 is 9.71. The fraction of sp³-hybridized carbons (Fsp3) is 0.294. The van der Waals surface area contributed by atoms with Crippen LogP contribution in [-0.2, 0) is 0 Å². The van der Waals surface area contributed by atoms with E-state index in [1.807, 2.05) is 36.4 Å². The van der Waals surface area contributed by atoms with Gasteiger partial charge in [-0.15, -0.1) is 0 Å². The number of halogens is 2. The number of phenols is 1. The highest BCUT2D eigenvalue weighted by atomic mass is 79.9. The first-order valence-corrected chi connectivity index (χ1v) is 8.19. The number of hydrogen-bond acceptors (Lipinski definition) is 2. The van der Waals surface area contributed by atoms with Crippen molar-refractivity contribution >= 4 is 27.5 Å². The van der Waals surface area contributed by atoms with E-state index in [9.17, 15) is 5.11 Å². The van der Waals surface area contributed by atoms with Gasteiger partial charge in [0.1, 0.15) is 5.75 Å². The maximum absolute atomic E-state index is 10.1. The molecule has 0 aliphatic heterocycles. The molecular formula is C17H19BrClNO. The molecule has 0 saturated carbocycles. The highest BCUT2D eigenvalue weighted by Crippen LogP contribution is 2.32. The van der Waals surface area contributed by atoms with Crippen LogP contribution in [-0.4, -0.2) is 5.11 Å². The Balaban J connectivity index is 2.23. The Bertz CT molecular complexity index is 617. The lowest BCUT2D eigenvalue weighted by atomic mass is 10.0. The summed E-state index contributed by atoms with van der Waals surface area (Å²) in [6.45, 7) is 4.18. The molecule has 2 unspecified atom stereocenters. The average molecular weight is 369 g/mol. The Hall–Kier alpha value is -1.03. The van der Waals surface area contributed by atoms with Crippen LogP contribution in [0.15, 0.2) is 46.9 Å². The predicted molar refractivity (Wildman–Crippen MR) is 91.8 cm³/mol. The number of hydrogen-bond donors (Lipinski definition) is 2. The Labute approximate surface area is 139 Å². The van der Waals surface area contributed by atoms with Gasteiger partial charge in [-0.1, -0.05) is 52.7 Å². The van der Waals surface area contributed by atoms with Gasteiger partial charge in [-0.3, -0.25) is 0 Å². The van der Waals surface area contributed by atoms with Crippen molar-refractivity contribution in [2.75, 3.05) is 0 Å². The number of phenolic OH excluding ortho intramolecular Hbond substituents is 1. The summed E-state index contributed by atoms with van der Waals surface area (Å²) in [4.78, 5) is 0. The normalized spacial score (nSPS) is 13.9. The van der Waals surface area contributed by atoms with Crippen molar-refractivity contribution in [3.8, 4) is 5.75 Å². The Kier molecular flexibility index (Phi) is 5.68. The van der Waals surface area contributed by atoms with Gasteiger partial charge in [-0.05, 0) is 43.2 Å². The third-order valence-electron chi connectivity index (χ3n) is 3.60. The maximum atomic E-state index is 10.1. The number of nitrogens with one attached hydrogen (secondary N) is 1. The lowest BCUT2D eigenvalue weighted by Crippen LogP contribution is -2.24. The second-order valence-electron chi connectivity index (χ2n) is 5.07. The lowest BCUT2D eigenvalue weighted by molar-refractivity contribution is 0.419. The van der Waals surface area contributed by atoms with Crippen molar-refractivity contribution in [3.63, 3.8) is 0 Å². The molecule has 21 heavy (non-hydrogen) atoms. The van der Waals surface area contributed by atoms with Gasteiger partial charge < -0.3 is 10.4 Å². The average Bonchev–Trinajstić information content (AvgIpc) is 2.47. The fourth-order valence-electron chi connectivity index (χ4n) is 2.45. The van der Waals surface area contributed by atoms with Gasteiger partial charge in [0.05, 0.1) is 0 Å². The minimum atomic E-state index is 0.0637. The van der Waals surface area contributed by atoms with Crippen molar-refractivity contribution in [2.45, 2.75) is 32.4 Å². The molecule has 2 aromatic carbocycles. The van der Waals surface area contributed by atoms with Gasteiger partial charge >= 0.3 is 0 Å². The van der Waals surface area contributed by atoms with Gasteiger partial charge in [0.25, 0.3) is 0 Å². The van der Waals surface area contributed by atoms with E-state index < -0.39 is 0 Å². The molecule has 0 aliphatic rings. The van der Waals surface area contributed by atoms with Crippen LogP contribution in [0.1, 0.15) is 43.5 Å². The maximum Gasteiger partial charge on any atom is 0.120 e. The molecular weight excluding hydrogens is 350 g/mol. The van der Waals surface area contributed by atoms with Crippen LogP contribution in [0.2, 0.25) is 5.02 Å². The first-order chi connectivity index (χ1) is 10.0. The van der Waals surface area contributed by atoms with Gasteiger partial charge in [-0.2, -0.15) is 0 Å².